The number of nitrogens with zero attached hydrogens (tertiary/aromatic N) is 4. The molecule has 5 rings (SSSR count). The molecule has 1 saturated heterocycles. The number of nitriles is 1. The Morgan fingerprint density at radius 2 is 2.11 bits per heavy atom. The molecule has 35 heavy (non-hydrogen) atoms. The molecule has 2 bridgehead atoms. The van der Waals surface area contributed by atoms with Gasteiger partial charge in [-0.2, -0.15) is 5.26 Å². The van der Waals surface area contributed by atoms with E-state index in [1.54, 1.807) is 38.2 Å². The molecule has 0 spiro atoms. The van der Waals surface area contributed by atoms with Crippen LogP contribution >= 0.6 is 0 Å². The van der Waals surface area contributed by atoms with Crippen LogP contribution in [0.3, 0.4) is 0 Å². The summed E-state index contributed by atoms with van der Waals surface area (Å²) in [6.45, 7) is 3.90. The van der Waals surface area contributed by atoms with Crippen LogP contribution in [0.4, 0.5) is 20.3 Å². The number of benzene rings is 1. The highest BCUT2D eigenvalue weighted by Crippen LogP contribution is 2.49. The van der Waals surface area contributed by atoms with Gasteiger partial charge in [0.15, 0.2) is 11.4 Å². The lowest BCUT2D eigenvalue weighted by Crippen LogP contribution is -2.47. The van der Waals surface area contributed by atoms with E-state index in [1.165, 1.54) is 15.4 Å². The number of aryl methyl sites for hydroxylation is 1. The molecule has 180 valence electrons. The van der Waals surface area contributed by atoms with Gasteiger partial charge in [-0.25, -0.2) is 18.6 Å². The first-order chi connectivity index (χ1) is 16.6. The lowest BCUT2D eigenvalue weighted by Gasteiger charge is -2.34. The number of para-hydroxylation sites is 1. The number of nitrogens with one attached hydrogen (secondary N) is 1. The van der Waals surface area contributed by atoms with Gasteiger partial charge in [-0.3, -0.25) is 9.20 Å². The van der Waals surface area contributed by atoms with Crippen molar-refractivity contribution in [3.63, 3.8) is 0 Å². The summed E-state index contributed by atoms with van der Waals surface area (Å²) in [7, 11) is 0. The minimum Gasteiger partial charge on any atom is -0.478 e. The Kier molecular flexibility index (Phi) is 5.24. The van der Waals surface area contributed by atoms with Gasteiger partial charge in [-0.05, 0) is 49.9 Å². The van der Waals surface area contributed by atoms with Crippen LogP contribution in [-0.2, 0) is 0 Å². The number of carboxylic acid groups (broad SMARTS) is 1. The molecular weight excluding hydrogens is 456 g/mol. The predicted molar refractivity (Wildman–Crippen MR) is 125 cm³/mol. The maximum atomic E-state index is 14.5. The SMILES string of the molecule is Cc1cc([C@@H](C)Nc2ccccc2C(=O)O)c2nc(N3CC4CC3C(F)(F)C4)c(C#N)c(=O)n2c1. The molecule has 3 atom stereocenters. The molecule has 3 heterocycles. The fourth-order valence-electron chi connectivity index (χ4n) is 5.35. The van der Waals surface area contributed by atoms with Gasteiger partial charge in [0.2, 0.25) is 0 Å². The van der Waals surface area contributed by atoms with Crippen LogP contribution in [0, 0.1) is 24.2 Å². The van der Waals surface area contributed by atoms with Gasteiger partial charge in [-0.1, -0.05) is 12.1 Å². The van der Waals surface area contributed by atoms with Crippen LogP contribution in [0.25, 0.3) is 5.65 Å². The van der Waals surface area contributed by atoms with Gasteiger partial charge in [-0.15, -0.1) is 0 Å². The van der Waals surface area contributed by atoms with E-state index in [9.17, 15) is 28.7 Å². The fraction of sp³-hybridized carbons (Fsp3) is 0.360. The first kappa shape index (κ1) is 22.8. The van der Waals surface area contributed by atoms with Gasteiger partial charge in [0.25, 0.3) is 11.5 Å². The third-order valence-electron chi connectivity index (χ3n) is 6.89. The van der Waals surface area contributed by atoms with Gasteiger partial charge in [0.1, 0.15) is 11.7 Å². The van der Waals surface area contributed by atoms with Crippen LogP contribution in [0.15, 0.2) is 41.3 Å². The number of rotatable bonds is 5. The summed E-state index contributed by atoms with van der Waals surface area (Å²) in [4.78, 5) is 31.0. The Morgan fingerprint density at radius 3 is 2.77 bits per heavy atom. The van der Waals surface area contributed by atoms with Gasteiger partial charge < -0.3 is 15.3 Å². The van der Waals surface area contributed by atoms with E-state index >= 15 is 0 Å². The molecule has 10 heteroatoms. The lowest BCUT2D eigenvalue weighted by atomic mass is 10.0. The summed E-state index contributed by atoms with van der Waals surface area (Å²) in [6, 6.07) is 8.55. The molecular formula is C25H23F2N5O3. The monoisotopic (exact) mass is 479 g/mol. The molecule has 2 aliphatic rings. The lowest BCUT2D eigenvalue weighted by molar-refractivity contribution is -0.0206. The zero-order chi connectivity index (χ0) is 25.1. The Labute approximate surface area is 199 Å². The van der Waals surface area contributed by atoms with Crippen molar-refractivity contribution in [2.75, 3.05) is 16.8 Å². The quantitative estimate of drug-likeness (QED) is 0.570. The second kappa shape index (κ2) is 8.05. The maximum absolute atomic E-state index is 14.5. The molecule has 8 nitrogen and oxygen atoms in total. The maximum Gasteiger partial charge on any atom is 0.337 e. The molecule has 2 unspecified atom stereocenters. The summed E-state index contributed by atoms with van der Waals surface area (Å²) in [6.07, 6.45) is 1.65. The Hall–Kier alpha value is -4.00. The minimum absolute atomic E-state index is 0.0207. The molecule has 0 amide bonds. The highest BCUT2D eigenvalue weighted by Gasteiger charge is 2.57. The van der Waals surface area contributed by atoms with E-state index in [2.05, 4.69) is 10.3 Å². The normalized spacial score (nSPS) is 21.2. The zero-order valence-corrected chi connectivity index (χ0v) is 19.1. The highest BCUT2D eigenvalue weighted by atomic mass is 19.3. The van der Waals surface area contributed by atoms with Crippen LogP contribution < -0.4 is 15.8 Å². The van der Waals surface area contributed by atoms with Crippen molar-refractivity contribution in [3.8, 4) is 6.07 Å². The van der Waals surface area contributed by atoms with Crippen molar-refractivity contribution in [2.45, 2.75) is 44.7 Å². The van der Waals surface area contributed by atoms with E-state index in [1.807, 2.05) is 12.1 Å². The zero-order valence-electron chi connectivity index (χ0n) is 19.1. The van der Waals surface area contributed by atoms with Crippen molar-refractivity contribution < 1.29 is 18.7 Å². The number of halogens is 2. The van der Waals surface area contributed by atoms with E-state index in [4.69, 9.17) is 0 Å². The van der Waals surface area contributed by atoms with E-state index in [-0.39, 0.29) is 34.9 Å². The molecule has 1 aliphatic carbocycles. The predicted octanol–water partition coefficient (Wildman–Crippen LogP) is 3.98. The molecule has 3 aromatic rings. The Morgan fingerprint density at radius 1 is 1.37 bits per heavy atom. The average molecular weight is 479 g/mol. The molecule has 1 saturated carbocycles. The molecule has 2 N–H and O–H groups in total. The summed E-state index contributed by atoms with van der Waals surface area (Å²) >= 11 is 0. The summed E-state index contributed by atoms with van der Waals surface area (Å²) in [5.74, 6) is -4.23. The number of hydrogen-bond donors (Lipinski definition) is 2. The smallest absolute Gasteiger partial charge is 0.337 e. The summed E-state index contributed by atoms with van der Waals surface area (Å²) in [5, 5.41) is 22.4. The number of anilines is 2. The van der Waals surface area contributed by atoms with Crippen molar-refractivity contribution >= 4 is 23.1 Å². The van der Waals surface area contributed by atoms with Crippen molar-refractivity contribution in [3.05, 3.63) is 69.1 Å². The largest absolute Gasteiger partial charge is 0.478 e. The number of pyridine rings is 1. The van der Waals surface area contributed by atoms with Gasteiger partial charge in [0, 0.05) is 30.4 Å². The van der Waals surface area contributed by atoms with E-state index in [0.29, 0.717) is 24.2 Å². The van der Waals surface area contributed by atoms with Crippen LogP contribution in [0.5, 0.6) is 0 Å². The molecule has 1 aromatic carbocycles. The Balaban J connectivity index is 1.65. The van der Waals surface area contributed by atoms with E-state index in [0.717, 1.165) is 5.56 Å². The van der Waals surface area contributed by atoms with Crippen molar-refractivity contribution in [2.24, 2.45) is 5.92 Å². The second-order valence-electron chi connectivity index (χ2n) is 9.35. The number of hydrogen-bond acceptors (Lipinski definition) is 6. The number of piperidine rings is 1. The number of carboxylic acids is 1. The van der Waals surface area contributed by atoms with Crippen molar-refractivity contribution in [1.29, 1.82) is 5.26 Å². The second-order valence-corrected chi connectivity index (χ2v) is 9.35. The van der Waals surface area contributed by atoms with Gasteiger partial charge in [0.05, 0.1) is 17.6 Å². The average Bonchev–Trinajstić information content (AvgIpc) is 3.35. The standard InChI is InChI=1S/C25H23F2N5O3/c1-13-7-17(14(2)29-19-6-4-3-5-16(19)24(34)35)21-30-22(18(10-28)23(33)32(21)11-13)31-12-15-8-20(31)25(26,27)9-15/h3-7,11,14-15,20,29H,8-9,12H2,1-2H3,(H,34,35)/t14-,15?,20?/m1/s1. The van der Waals surface area contributed by atoms with Crippen LogP contribution in [0.2, 0.25) is 0 Å². The molecule has 2 aromatic heterocycles. The number of aromatic carboxylic acids is 1. The molecule has 2 fully saturated rings. The van der Waals surface area contributed by atoms with Crippen molar-refractivity contribution in [1.82, 2.24) is 9.38 Å². The number of aromatic nitrogens is 2. The number of fused-ring (bicyclic) bond motifs is 3. The Bertz CT molecular complexity index is 1460. The number of carbonyl (C=O) groups is 1. The van der Waals surface area contributed by atoms with Gasteiger partial charge >= 0.3 is 5.97 Å². The topological polar surface area (TPSA) is 111 Å². The third-order valence-corrected chi connectivity index (χ3v) is 6.89. The third kappa shape index (κ3) is 3.67. The summed E-state index contributed by atoms with van der Waals surface area (Å²) in [5.41, 5.74) is 1.11. The molecule has 1 aliphatic heterocycles. The first-order valence-electron chi connectivity index (χ1n) is 11.3. The van der Waals surface area contributed by atoms with Crippen LogP contribution in [-0.4, -0.2) is 39.0 Å². The molecule has 0 radical (unpaired) electrons. The summed E-state index contributed by atoms with van der Waals surface area (Å²) < 4.78 is 30.3. The number of alkyl halides is 2. The fourth-order valence-corrected chi connectivity index (χ4v) is 5.35. The van der Waals surface area contributed by atoms with Crippen LogP contribution in [0.1, 0.15) is 52.9 Å². The first-order valence-corrected chi connectivity index (χ1v) is 11.3. The van der Waals surface area contributed by atoms with E-state index < -0.39 is 29.5 Å². The minimum atomic E-state index is -2.91. The highest BCUT2D eigenvalue weighted by molar-refractivity contribution is 5.94.